The van der Waals surface area contributed by atoms with Crippen molar-refractivity contribution in [2.75, 3.05) is 0 Å². The van der Waals surface area contributed by atoms with Gasteiger partial charge in [0.25, 0.3) is 0 Å². The van der Waals surface area contributed by atoms with E-state index in [2.05, 4.69) is 15.0 Å². The van der Waals surface area contributed by atoms with Gasteiger partial charge in [0, 0.05) is 11.9 Å². The van der Waals surface area contributed by atoms with Gasteiger partial charge in [-0.15, -0.1) is 0 Å². The minimum absolute atomic E-state index is 0.270. The highest BCUT2D eigenvalue weighted by Gasteiger charge is 2.11. The SMILES string of the molecule is Fc1c(Cl)nc(SCc2ccccn2)nc1Cl. The first-order chi connectivity index (χ1) is 8.16. The van der Waals surface area contributed by atoms with Gasteiger partial charge in [0.2, 0.25) is 0 Å². The van der Waals surface area contributed by atoms with E-state index < -0.39 is 5.82 Å². The Labute approximate surface area is 111 Å². The van der Waals surface area contributed by atoms with E-state index in [0.29, 0.717) is 10.9 Å². The third-order valence-electron chi connectivity index (χ3n) is 1.83. The van der Waals surface area contributed by atoms with Crippen LogP contribution < -0.4 is 0 Å². The molecule has 17 heavy (non-hydrogen) atoms. The van der Waals surface area contributed by atoms with Crippen molar-refractivity contribution in [2.45, 2.75) is 10.9 Å². The maximum atomic E-state index is 13.1. The molecule has 7 heteroatoms. The number of hydrogen-bond donors (Lipinski definition) is 0. The first-order valence-corrected chi connectivity index (χ1v) is 6.32. The number of nitrogens with zero attached hydrogens (tertiary/aromatic N) is 3. The van der Waals surface area contributed by atoms with Crippen LogP contribution >= 0.6 is 35.0 Å². The fourth-order valence-electron chi connectivity index (χ4n) is 1.06. The van der Waals surface area contributed by atoms with Crippen molar-refractivity contribution in [2.24, 2.45) is 0 Å². The first-order valence-electron chi connectivity index (χ1n) is 4.58. The normalized spacial score (nSPS) is 10.5. The maximum Gasteiger partial charge on any atom is 0.197 e. The van der Waals surface area contributed by atoms with Crippen LogP contribution in [0.3, 0.4) is 0 Å². The Kier molecular flexibility index (Phi) is 4.15. The van der Waals surface area contributed by atoms with Crippen LogP contribution in [0, 0.1) is 5.82 Å². The zero-order chi connectivity index (χ0) is 12.3. The lowest BCUT2D eigenvalue weighted by Crippen LogP contribution is -1.94. The molecule has 0 aliphatic carbocycles. The van der Waals surface area contributed by atoms with Crippen molar-refractivity contribution in [3.8, 4) is 0 Å². The van der Waals surface area contributed by atoms with E-state index in [9.17, 15) is 4.39 Å². The van der Waals surface area contributed by atoms with Gasteiger partial charge in [0.1, 0.15) is 0 Å². The zero-order valence-corrected chi connectivity index (χ0v) is 10.7. The Morgan fingerprint density at radius 1 is 1.18 bits per heavy atom. The topological polar surface area (TPSA) is 38.7 Å². The fourth-order valence-corrected chi connectivity index (χ4v) is 2.31. The van der Waals surface area contributed by atoms with Crippen molar-refractivity contribution in [3.63, 3.8) is 0 Å². The van der Waals surface area contributed by atoms with Crippen LogP contribution in [0.15, 0.2) is 29.6 Å². The first kappa shape index (κ1) is 12.5. The molecular formula is C10H6Cl2FN3S. The zero-order valence-electron chi connectivity index (χ0n) is 8.40. The van der Waals surface area contributed by atoms with Gasteiger partial charge in [-0.2, -0.15) is 0 Å². The van der Waals surface area contributed by atoms with E-state index >= 15 is 0 Å². The molecule has 0 saturated heterocycles. The lowest BCUT2D eigenvalue weighted by molar-refractivity contribution is 0.607. The van der Waals surface area contributed by atoms with Crippen molar-refractivity contribution in [1.82, 2.24) is 15.0 Å². The Balaban J connectivity index is 2.10. The summed E-state index contributed by atoms with van der Waals surface area (Å²) in [6.45, 7) is 0. The third kappa shape index (κ3) is 3.28. The average Bonchev–Trinajstić information content (AvgIpc) is 2.34. The van der Waals surface area contributed by atoms with Crippen LogP contribution in [0.1, 0.15) is 5.69 Å². The molecule has 88 valence electrons. The lowest BCUT2D eigenvalue weighted by Gasteiger charge is -2.02. The number of rotatable bonds is 3. The second kappa shape index (κ2) is 5.62. The second-order valence-corrected chi connectivity index (χ2v) is 4.67. The van der Waals surface area contributed by atoms with E-state index in [1.165, 1.54) is 11.8 Å². The molecule has 2 heterocycles. The van der Waals surface area contributed by atoms with Gasteiger partial charge in [0.05, 0.1) is 5.69 Å². The number of pyridine rings is 1. The molecule has 3 nitrogen and oxygen atoms in total. The minimum atomic E-state index is -0.796. The Morgan fingerprint density at radius 3 is 2.47 bits per heavy atom. The standard InChI is InChI=1S/C10H6Cl2FN3S/c11-8-7(13)9(12)16-10(15-8)17-5-6-3-1-2-4-14-6/h1-4H,5H2. The molecule has 0 bridgehead atoms. The molecule has 2 rings (SSSR count). The molecule has 0 amide bonds. The molecule has 0 unspecified atom stereocenters. The van der Waals surface area contributed by atoms with Crippen LogP contribution in [-0.4, -0.2) is 15.0 Å². The smallest absolute Gasteiger partial charge is 0.197 e. The molecule has 0 aliphatic heterocycles. The predicted molar refractivity (Wildman–Crippen MR) is 65.8 cm³/mol. The lowest BCUT2D eigenvalue weighted by atomic mass is 10.4. The molecule has 0 radical (unpaired) electrons. The monoisotopic (exact) mass is 289 g/mol. The average molecular weight is 290 g/mol. The molecule has 2 aromatic heterocycles. The summed E-state index contributed by atoms with van der Waals surface area (Å²) in [5.74, 6) is -0.227. The van der Waals surface area contributed by atoms with Gasteiger partial charge in [-0.05, 0) is 12.1 Å². The van der Waals surface area contributed by atoms with Crippen LogP contribution in [0.2, 0.25) is 10.3 Å². The third-order valence-corrected chi connectivity index (χ3v) is 3.21. The molecule has 0 atom stereocenters. The van der Waals surface area contributed by atoms with E-state index in [4.69, 9.17) is 23.2 Å². The Hall–Kier alpha value is -0.910. The summed E-state index contributed by atoms with van der Waals surface area (Å²) < 4.78 is 13.1. The molecule has 0 fully saturated rings. The summed E-state index contributed by atoms with van der Waals surface area (Å²) in [6.07, 6.45) is 1.70. The summed E-state index contributed by atoms with van der Waals surface area (Å²) >= 11 is 12.4. The summed E-state index contributed by atoms with van der Waals surface area (Å²) in [6, 6.07) is 5.59. The van der Waals surface area contributed by atoms with E-state index in [0.717, 1.165) is 5.69 Å². The molecule has 0 aliphatic rings. The highest BCUT2D eigenvalue weighted by Crippen LogP contribution is 2.25. The van der Waals surface area contributed by atoms with E-state index in [1.807, 2.05) is 18.2 Å². The van der Waals surface area contributed by atoms with Crippen LogP contribution in [0.25, 0.3) is 0 Å². The van der Waals surface area contributed by atoms with Crippen molar-refractivity contribution in [1.29, 1.82) is 0 Å². The molecule has 0 aromatic carbocycles. The minimum Gasteiger partial charge on any atom is -0.260 e. The molecule has 0 N–H and O–H groups in total. The summed E-state index contributed by atoms with van der Waals surface area (Å²) in [5.41, 5.74) is 0.873. The van der Waals surface area contributed by atoms with Gasteiger partial charge in [-0.1, -0.05) is 41.0 Å². The van der Waals surface area contributed by atoms with Gasteiger partial charge in [-0.25, -0.2) is 14.4 Å². The Morgan fingerprint density at radius 2 is 1.88 bits per heavy atom. The molecular weight excluding hydrogens is 284 g/mol. The van der Waals surface area contributed by atoms with E-state index in [1.54, 1.807) is 6.20 Å². The van der Waals surface area contributed by atoms with Gasteiger partial charge >= 0.3 is 0 Å². The number of hydrogen-bond acceptors (Lipinski definition) is 4. The highest BCUT2D eigenvalue weighted by atomic mass is 35.5. The van der Waals surface area contributed by atoms with Crippen LogP contribution in [0.4, 0.5) is 4.39 Å². The van der Waals surface area contributed by atoms with Crippen LogP contribution in [-0.2, 0) is 5.75 Å². The van der Waals surface area contributed by atoms with Gasteiger partial charge in [0.15, 0.2) is 21.3 Å². The van der Waals surface area contributed by atoms with Crippen molar-refractivity contribution < 1.29 is 4.39 Å². The molecule has 2 aromatic rings. The summed E-state index contributed by atoms with van der Waals surface area (Å²) in [7, 11) is 0. The van der Waals surface area contributed by atoms with Crippen molar-refractivity contribution in [3.05, 3.63) is 46.2 Å². The summed E-state index contributed by atoms with van der Waals surface area (Å²) in [5, 5.41) is -0.214. The second-order valence-electron chi connectivity index (χ2n) is 3.01. The van der Waals surface area contributed by atoms with Crippen molar-refractivity contribution >= 4 is 35.0 Å². The van der Waals surface area contributed by atoms with Crippen LogP contribution in [0.5, 0.6) is 0 Å². The Bertz CT molecular complexity index is 501. The fraction of sp³-hybridized carbons (Fsp3) is 0.100. The van der Waals surface area contributed by atoms with E-state index in [-0.39, 0.29) is 10.3 Å². The number of aromatic nitrogens is 3. The van der Waals surface area contributed by atoms with Gasteiger partial charge in [-0.3, -0.25) is 4.98 Å². The number of thioether (sulfide) groups is 1. The maximum absolute atomic E-state index is 13.1. The molecule has 0 spiro atoms. The number of halogens is 3. The highest BCUT2D eigenvalue weighted by molar-refractivity contribution is 7.98. The van der Waals surface area contributed by atoms with Gasteiger partial charge < -0.3 is 0 Å². The predicted octanol–water partition coefficient (Wildman–Crippen LogP) is 3.61. The largest absolute Gasteiger partial charge is 0.260 e. The quantitative estimate of drug-likeness (QED) is 0.492. The summed E-state index contributed by atoms with van der Waals surface area (Å²) in [4.78, 5) is 11.7. The molecule has 0 saturated carbocycles.